The van der Waals surface area contributed by atoms with Gasteiger partial charge in [-0.05, 0) is 25.5 Å². The van der Waals surface area contributed by atoms with Crippen molar-refractivity contribution in [1.29, 1.82) is 0 Å². The lowest BCUT2D eigenvalue weighted by Gasteiger charge is -2.15. The highest BCUT2D eigenvalue weighted by Gasteiger charge is 2.19. The molecule has 0 radical (unpaired) electrons. The maximum Gasteiger partial charge on any atom is 0.310 e. The number of carboxylic acids is 1. The molecule has 16 heavy (non-hydrogen) atoms. The van der Waals surface area contributed by atoms with Crippen LogP contribution in [0.5, 0.6) is 11.5 Å². The van der Waals surface area contributed by atoms with E-state index in [1.807, 2.05) is 6.92 Å². The van der Waals surface area contributed by atoms with E-state index in [0.29, 0.717) is 17.1 Å². The first kappa shape index (κ1) is 12.4. The van der Waals surface area contributed by atoms with E-state index in [2.05, 4.69) is 0 Å². The predicted octanol–water partition coefficient (Wildman–Crippen LogP) is 2.20. The quantitative estimate of drug-likeness (QED) is 0.851. The molecule has 0 aliphatic rings. The highest BCUT2D eigenvalue weighted by molar-refractivity contribution is 5.77. The fourth-order valence-electron chi connectivity index (χ4n) is 1.56. The molecule has 0 saturated carbocycles. The third kappa shape index (κ3) is 2.27. The van der Waals surface area contributed by atoms with Gasteiger partial charge in [-0.15, -0.1) is 0 Å². The third-order valence-corrected chi connectivity index (χ3v) is 2.58. The van der Waals surface area contributed by atoms with Gasteiger partial charge in [-0.2, -0.15) is 0 Å². The van der Waals surface area contributed by atoms with Gasteiger partial charge in [0, 0.05) is 11.6 Å². The van der Waals surface area contributed by atoms with Crippen LogP contribution >= 0.6 is 0 Å². The van der Waals surface area contributed by atoms with Gasteiger partial charge in [-0.25, -0.2) is 0 Å². The summed E-state index contributed by atoms with van der Waals surface area (Å²) in [6.07, 6.45) is 0. The average Bonchev–Trinajstić information content (AvgIpc) is 2.27. The summed E-state index contributed by atoms with van der Waals surface area (Å²) in [6.45, 7) is 3.50. The van der Waals surface area contributed by atoms with E-state index in [0.717, 1.165) is 5.56 Å². The van der Waals surface area contributed by atoms with Gasteiger partial charge < -0.3 is 14.6 Å². The van der Waals surface area contributed by atoms with E-state index < -0.39 is 11.9 Å². The minimum absolute atomic E-state index is 0.539. The molecule has 0 aromatic heterocycles. The van der Waals surface area contributed by atoms with Gasteiger partial charge in [0.15, 0.2) is 0 Å². The van der Waals surface area contributed by atoms with Gasteiger partial charge >= 0.3 is 5.97 Å². The summed E-state index contributed by atoms with van der Waals surface area (Å²) in [5.41, 5.74) is 1.56. The Morgan fingerprint density at radius 1 is 1.25 bits per heavy atom. The average molecular weight is 224 g/mol. The summed E-state index contributed by atoms with van der Waals surface area (Å²) in [6, 6.07) is 3.50. The Bertz CT molecular complexity index is 398. The molecule has 1 aromatic rings. The minimum atomic E-state index is -0.872. The van der Waals surface area contributed by atoms with Crippen molar-refractivity contribution in [2.24, 2.45) is 0 Å². The fourth-order valence-corrected chi connectivity index (χ4v) is 1.56. The molecule has 4 heteroatoms. The van der Waals surface area contributed by atoms with Gasteiger partial charge in [0.2, 0.25) is 0 Å². The van der Waals surface area contributed by atoms with Crippen LogP contribution in [0.1, 0.15) is 24.0 Å². The summed E-state index contributed by atoms with van der Waals surface area (Å²) in [7, 11) is 3.09. The fraction of sp³-hybridized carbons (Fsp3) is 0.417. The van der Waals surface area contributed by atoms with Gasteiger partial charge in [0.1, 0.15) is 11.5 Å². The number of carboxylic acid groups (broad SMARTS) is 1. The van der Waals surface area contributed by atoms with Crippen molar-refractivity contribution in [1.82, 2.24) is 0 Å². The topological polar surface area (TPSA) is 55.8 Å². The van der Waals surface area contributed by atoms with E-state index in [9.17, 15) is 4.79 Å². The summed E-state index contributed by atoms with van der Waals surface area (Å²) < 4.78 is 10.3. The molecule has 0 spiro atoms. The predicted molar refractivity (Wildman–Crippen MR) is 60.3 cm³/mol. The second-order valence-electron chi connectivity index (χ2n) is 3.62. The second-order valence-corrected chi connectivity index (χ2v) is 3.62. The van der Waals surface area contributed by atoms with Crippen molar-refractivity contribution in [2.45, 2.75) is 19.8 Å². The molecule has 1 N–H and O–H groups in total. The standard InChI is InChI=1S/C12H16O4/c1-7-5-9(8(2)12(13)14)11(16-4)6-10(7)15-3/h5-6,8H,1-4H3,(H,13,14). The van der Waals surface area contributed by atoms with Crippen LogP contribution in [0.3, 0.4) is 0 Å². The van der Waals surface area contributed by atoms with Crippen molar-refractivity contribution in [3.05, 3.63) is 23.3 Å². The van der Waals surface area contributed by atoms with Crippen molar-refractivity contribution >= 4 is 5.97 Å². The molecule has 1 aromatic carbocycles. The lowest BCUT2D eigenvalue weighted by molar-refractivity contribution is -0.138. The van der Waals surface area contributed by atoms with Crippen molar-refractivity contribution in [2.75, 3.05) is 14.2 Å². The number of rotatable bonds is 4. The zero-order chi connectivity index (χ0) is 12.3. The summed E-state index contributed by atoms with van der Waals surface area (Å²) in [5.74, 6) is -0.238. The number of hydrogen-bond donors (Lipinski definition) is 1. The molecule has 0 heterocycles. The summed E-state index contributed by atoms with van der Waals surface area (Å²) in [4.78, 5) is 10.9. The molecule has 0 saturated heterocycles. The molecular formula is C12H16O4. The smallest absolute Gasteiger partial charge is 0.310 e. The molecule has 0 bridgehead atoms. The van der Waals surface area contributed by atoms with Gasteiger partial charge in [0.05, 0.1) is 20.1 Å². The molecule has 0 amide bonds. The molecule has 1 atom stereocenters. The molecule has 1 rings (SSSR count). The third-order valence-electron chi connectivity index (χ3n) is 2.58. The monoisotopic (exact) mass is 224 g/mol. The largest absolute Gasteiger partial charge is 0.496 e. The highest BCUT2D eigenvalue weighted by Crippen LogP contribution is 2.33. The summed E-state index contributed by atoms with van der Waals surface area (Å²) in [5, 5.41) is 8.99. The van der Waals surface area contributed by atoms with Crippen LogP contribution in [0.4, 0.5) is 0 Å². The number of aliphatic carboxylic acids is 1. The number of hydrogen-bond acceptors (Lipinski definition) is 3. The maximum absolute atomic E-state index is 10.9. The van der Waals surface area contributed by atoms with Crippen LogP contribution in [0.2, 0.25) is 0 Å². The summed E-state index contributed by atoms with van der Waals surface area (Å²) >= 11 is 0. The van der Waals surface area contributed by atoms with Crippen LogP contribution in [0.15, 0.2) is 12.1 Å². The van der Waals surface area contributed by atoms with Crippen LogP contribution in [0.25, 0.3) is 0 Å². The highest BCUT2D eigenvalue weighted by atomic mass is 16.5. The number of aryl methyl sites for hydroxylation is 1. The second kappa shape index (κ2) is 4.88. The molecule has 0 aliphatic heterocycles. The van der Waals surface area contributed by atoms with Crippen molar-refractivity contribution < 1.29 is 19.4 Å². The number of ether oxygens (including phenoxy) is 2. The van der Waals surface area contributed by atoms with E-state index in [1.165, 1.54) is 7.11 Å². The Morgan fingerprint density at radius 2 is 1.81 bits per heavy atom. The molecule has 4 nitrogen and oxygen atoms in total. The Balaban J connectivity index is 3.28. The Kier molecular flexibility index (Phi) is 3.77. The Morgan fingerprint density at radius 3 is 2.25 bits per heavy atom. The van der Waals surface area contributed by atoms with Gasteiger partial charge in [-0.3, -0.25) is 4.79 Å². The number of benzene rings is 1. The SMILES string of the molecule is COc1cc(OC)c(C(C)C(=O)O)cc1C. The van der Waals surface area contributed by atoms with Crippen LogP contribution in [0, 0.1) is 6.92 Å². The Labute approximate surface area is 94.8 Å². The first-order chi connectivity index (χ1) is 7.51. The van der Waals surface area contributed by atoms with Gasteiger partial charge in [-0.1, -0.05) is 0 Å². The Hall–Kier alpha value is -1.71. The number of methoxy groups -OCH3 is 2. The molecule has 0 aliphatic carbocycles. The lowest BCUT2D eigenvalue weighted by Crippen LogP contribution is -2.09. The minimum Gasteiger partial charge on any atom is -0.496 e. The normalized spacial score (nSPS) is 12.0. The first-order valence-corrected chi connectivity index (χ1v) is 4.96. The molecule has 1 unspecified atom stereocenters. The number of carbonyl (C=O) groups is 1. The van der Waals surface area contributed by atoms with Gasteiger partial charge in [0.25, 0.3) is 0 Å². The van der Waals surface area contributed by atoms with Crippen molar-refractivity contribution in [3.63, 3.8) is 0 Å². The molecular weight excluding hydrogens is 208 g/mol. The van der Waals surface area contributed by atoms with E-state index in [4.69, 9.17) is 14.6 Å². The molecule has 88 valence electrons. The van der Waals surface area contributed by atoms with Crippen LogP contribution in [-0.4, -0.2) is 25.3 Å². The van der Waals surface area contributed by atoms with E-state index in [-0.39, 0.29) is 0 Å². The first-order valence-electron chi connectivity index (χ1n) is 4.96. The lowest BCUT2D eigenvalue weighted by atomic mass is 9.98. The van der Waals surface area contributed by atoms with Crippen LogP contribution < -0.4 is 9.47 Å². The maximum atomic E-state index is 10.9. The van der Waals surface area contributed by atoms with Crippen molar-refractivity contribution in [3.8, 4) is 11.5 Å². The van der Waals surface area contributed by atoms with Crippen LogP contribution in [-0.2, 0) is 4.79 Å². The van der Waals surface area contributed by atoms with E-state index >= 15 is 0 Å². The zero-order valence-corrected chi connectivity index (χ0v) is 9.90. The van der Waals surface area contributed by atoms with E-state index in [1.54, 1.807) is 26.2 Å². The molecule has 0 fully saturated rings. The zero-order valence-electron chi connectivity index (χ0n) is 9.90.